The van der Waals surface area contributed by atoms with Gasteiger partial charge >= 0.3 is 33.1 Å². The lowest BCUT2D eigenvalue weighted by Gasteiger charge is -2.18. The van der Waals surface area contributed by atoms with Gasteiger partial charge in [0.15, 0.2) is 0 Å². The van der Waals surface area contributed by atoms with Crippen molar-refractivity contribution in [2.45, 2.75) is 99.9 Å². The molecule has 3 unspecified atom stereocenters. The van der Waals surface area contributed by atoms with Gasteiger partial charge in [0.1, 0.15) is 0 Å². The number of hydrogen-bond donors (Lipinski definition) is 0. The highest BCUT2D eigenvalue weighted by Gasteiger charge is 2.44. The lowest BCUT2D eigenvalue weighted by Crippen LogP contribution is -2.26. The summed E-state index contributed by atoms with van der Waals surface area (Å²) >= 11 is -3.04. The Bertz CT molecular complexity index is 658. The van der Waals surface area contributed by atoms with Gasteiger partial charge in [-0.25, -0.2) is 14.4 Å². The molecule has 0 aromatic rings. The molecule has 10 heteroatoms. The van der Waals surface area contributed by atoms with Crippen LogP contribution in [0.15, 0.2) is 35.5 Å². The van der Waals surface area contributed by atoms with E-state index in [0.29, 0.717) is 19.3 Å². The van der Waals surface area contributed by atoms with Crippen LogP contribution in [0, 0.1) is 0 Å². The molecule has 0 aliphatic carbocycles. The van der Waals surface area contributed by atoms with Gasteiger partial charge in [-0.3, -0.25) is 0 Å². The largest absolute Gasteiger partial charge is 1.20 e. The Morgan fingerprint density at radius 2 is 0.824 bits per heavy atom. The highest BCUT2D eigenvalue weighted by molar-refractivity contribution is 6.37. The monoisotopic (exact) mass is 498 g/mol. The number of allylic oxidation sites excluding steroid dienone is 3. The van der Waals surface area contributed by atoms with Gasteiger partial charge in [0.25, 0.3) is 0 Å². The predicted octanol–water partition coefficient (Wildman–Crippen LogP) is 4.76. The Balaban J connectivity index is 5.48. The Hall–Kier alpha value is -2.44. The van der Waals surface area contributed by atoms with E-state index in [0.717, 1.165) is 0 Å². The van der Waals surface area contributed by atoms with Crippen molar-refractivity contribution >= 4 is 33.1 Å². The molecule has 0 bridgehead atoms. The summed E-state index contributed by atoms with van der Waals surface area (Å²) in [6.45, 7) is 15.7. The van der Waals surface area contributed by atoms with Crippen molar-refractivity contribution < 1.29 is 40.0 Å². The molecule has 0 rings (SSSR count). The summed E-state index contributed by atoms with van der Waals surface area (Å²) in [5.41, 5.74) is 0. The maximum absolute atomic E-state index is 12.0. The van der Waals surface area contributed by atoms with Crippen molar-refractivity contribution in [1.29, 1.82) is 0 Å². The Morgan fingerprint density at radius 3 is 1.03 bits per heavy atom. The molecule has 0 radical (unpaired) electrons. The molecule has 0 aliphatic rings. The van der Waals surface area contributed by atoms with E-state index in [1.54, 1.807) is 41.5 Å². The highest BCUT2D eigenvalue weighted by Crippen LogP contribution is 2.13. The summed E-state index contributed by atoms with van der Waals surface area (Å²) in [7, 11) is 0. The van der Waals surface area contributed by atoms with Gasteiger partial charge in [0.2, 0.25) is 0 Å². The second-order valence-electron chi connectivity index (χ2n) is 7.87. The molecule has 0 aliphatic heterocycles. The first-order chi connectivity index (χ1) is 15.9. The average molecular weight is 499 g/mol. The molecule has 3 atom stereocenters. The van der Waals surface area contributed by atoms with Gasteiger partial charge in [-0.2, -0.15) is 0 Å². The molecular weight excluding hydrogens is 459 g/mol. The van der Waals surface area contributed by atoms with Crippen LogP contribution in [0.5, 0.6) is 0 Å². The van der Waals surface area contributed by atoms with Crippen molar-refractivity contribution in [2.24, 2.45) is 0 Å². The van der Waals surface area contributed by atoms with E-state index < -0.39 is 33.1 Å². The molecule has 9 nitrogen and oxygen atoms in total. The minimum absolute atomic E-state index is 0.204. The van der Waals surface area contributed by atoms with Crippen LogP contribution in [-0.2, 0) is 40.0 Å². The van der Waals surface area contributed by atoms with Crippen LogP contribution in [-0.4, -0.2) is 51.4 Å². The van der Waals surface area contributed by atoms with Gasteiger partial charge in [-0.05, 0) is 60.8 Å². The molecule has 0 heterocycles. The summed E-state index contributed by atoms with van der Waals surface area (Å²) in [4.78, 5) is 36.0. The summed E-state index contributed by atoms with van der Waals surface area (Å²) in [6, 6.07) is 0. The molecular formula is C24H39AlO9. The van der Waals surface area contributed by atoms with Crippen LogP contribution >= 0.6 is 0 Å². The van der Waals surface area contributed by atoms with Crippen LogP contribution in [0.1, 0.15) is 81.6 Å². The molecule has 34 heavy (non-hydrogen) atoms. The third kappa shape index (κ3) is 15.4. The zero-order valence-electron chi connectivity index (χ0n) is 21.8. The highest BCUT2D eigenvalue weighted by atomic mass is 27.3. The fourth-order valence-corrected chi connectivity index (χ4v) is 3.33. The average Bonchev–Trinajstić information content (AvgIpc) is 2.72. The van der Waals surface area contributed by atoms with Gasteiger partial charge in [-0.15, -0.1) is 0 Å². The van der Waals surface area contributed by atoms with E-state index in [9.17, 15) is 14.4 Å². The maximum Gasteiger partial charge on any atom is 1.20 e. The first kappa shape index (κ1) is 31.6. The second-order valence-corrected chi connectivity index (χ2v) is 9.16. The van der Waals surface area contributed by atoms with Gasteiger partial charge in [-0.1, -0.05) is 20.8 Å². The lowest BCUT2D eigenvalue weighted by atomic mass is 10.3. The fourth-order valence-electron chi connectivity index (χ4n) is 2.07. The zero-order chi connectivity index (χ0) is 26.3. The van der Waals surface area contributed by atoms with Crippen LogP contribution in [0.3, 0.4) is 0 Å². The number of esters is 3. The van der Waals surface area contributed by atoms with Crippen LogP contribution in [0.2, 0.25) is 0 Å². The number of hydrogen-bond acceptors (Lipinski definition) is 9. The standard InChI is InChI=1S/3C8H14O3.Al/c3*1-4-7(3)11-8(10)5-6(2)9;/h3*5,7,9H,4H2,1-3H3;/q;;;+3/p-3/b3*6-5+;. The van der Waals surface area contributed by atoms with Crippen molar-refractivity contribution in [1.82, 2.24) is 0 Å². The minimum atomic E-state index is -3.04. The van der Waals surface area contributed by atoms with Crippen LogP contribution in [0.25, 0.3) is 0 Å². The van der Waals surface area contributed by atoms with E-state index in [-0.39, 0.29) is 35.6 Å². The van der Waals surface area contributed by atoms with E-state index in [1.165, 1.54) is 18.2 Å². The fraction of sp³-hybridized carbons (Fsp3) is 0.625. The zero-order valence-corrected chi connectivity index (χ0v) is 23.0. The second kappa shape index (κ2) is 17.1. The molecule has 192 valence electrons. The van der Waals surface area contributed by atoms with Gasteiger partial charge < -0.3 is 25.6 Å². The van der Waals surface area contributed by atoms with Crippen molar-refractivity contribution in [3.05, 3.63) is 35.5 Å². The van der Waals surface area contributed by atoms with E-state index in [4.69, 9.17) is 25.6 Å². The summed E-state index contributed by atoms with van der Waals surface area (Å²) in [5.74, 6) is -1.07. The van der Waals surface area contributed by atoms with Gasteiger partial charge in [0, 0.05) is 0 Å². The molecule has 0 saturated carbocycles. The molecule has 0 aromatic heterocycles. The predicted molar refractivity (Wildman–Crippen MR) is 128 cm³/mol. The molecule has 0 amide bonds. The topological polar surface area (TPSA) is 107 Å². The van der Waals surface area contributed by atoms with Crippen molar-refractivity contribution in [2.75, 3.05) is 0 Å². The minimum Gasteiger partial charge on any atom is -0.580 e. The number of ether oxygens (including phenoxy) is 3. The van der Waals surface area contributed by atoms with Gasteiger partial charge in [0.05, 0.1) is 53.8 Å². The van der Waals surface area contributed by atoms with Crippen LogP contribution in [0.4, 0.5) is 0 Å². The lowest BCUT2D eigenvalue weighted by molar-refractivity contribution is -0.143. The molecule has 0 N–H and O–H groups in total. The third-order valence-electron chi connectivity index (χ3n) is 4.49. The molecule has 0 saturated heterocycles. The third-order valence-corrected chi connectivity index (χ3v) is 6.18. The number of carbonyl (C=O) groups is 3. The van der Waals surface area contributed by atoms with E-state index in [1.807, 2.05) is 20.8 Å². The van der Waals surface area contributed by atoms with Crippen LogP contribution < -0.4 is 0 Å². The summed E-state index contributed by atoms with van der Waals surface area (Å²) in [6.07, 6.45) is 4.88. The SMILES string of the molecule is CCC(C)OC(=O)/C=C(\C)[O][Al]([O]/C(C)=C/C(=O)OC(C)CC)[O]/C(C)=C/C(=O)OC(C)CC. The quantitative estimate of drug-likeness (QED) is 0.104. The normalized spacial score (nSPS) is 14.9. The Kier molecular flexibility index (Phi) is 15.8. The molecule has 0 spiro atoms. The summed E-state index contributed by atoms with van der Waals surface area (Å²) < 4.78 is 32.8. The van der Waals surface area contributed by atoms with Crippen molar-refractivity contribution in [3.63, 3.8) is 0 Å². The first-order valence-electron chi connectivity index (χ1n) is 11.6. The maximum atomic E-state index is 12.0. The van der Waals surface area contributed by atoms with Crippen molar-refractivity contribution in [3.8, 4) is 0 Å². The van der Waals surface area contributed by atoms with E-state index >= 15 is 0 Å². The number of rotatable bonds is 15. The first-order valence-corrected chi connectivity index (χ1v) is 13.0. The molecule has 0 fully saturated rings. The Labute approximate surface area is 208 Å². The smallest absolute Gasteiger partial charge is 0.580 e. The Morgan fingerprint density at radius 1 is 0.588 bits per heavy atom. The number of carbonyl (C=O) groups excluding carboxylic acids is 3. The van der Waals surface area contributed by atoms with E-state index in [2.05, 4.69) is 0 Å². The summed E-state index contributed by atoms with van der Waals surface area (Å²) in [5, 5.41) is 0. The molecule has 0 aromatic carbocycles.